The average Bonchev–Trinajstić information content (AvgIpc) is 2.47. The molecule has 0 unspecified atom stereocenters. The Morgan fingerprint density at radius 3 is 2.17 bits per heavy atom. The van der Waals surface area contributed by atoms with Crippen LogP contribution in [0.2, 0.25) is 10.0 Å². The van der Waals surface area contributed by atoms with Gasteiger partial charge < -0.3 is 19.5 Å². The maximum absolute atomic E-state index is 10.6. The molecular formula is C16H15Cl2NO4. The first-order valence-electron chi connectivity index (χ1n) is 6.75. The lowest BCUT2D eigenvalue weighted by Gasteiger charge is -2.13. The number of halogens is 2. The molecule has 1 N–H and O–H groups in total. The Labute approximate surface area is 143 Å². The van der Waals surface area contributed by atoms with Crippen LogP contribution in [0.1, 0.15) is 0 Å². The molecule has 7 heteroatoms. The van der Waals surface area contributed by atoms with Gasteiger partial charge in [0, 0.05) is 17.1 Å². The topological polar surface area (TPSA) is 59.0 Å². The highest BCUT2D eigenvalue weighted by Gasteiger charge is 2.05. The van der Waals surface area contributed by atoms with Gasteiger partial charge in [0.05, 0.1) is 6.54 Å². The molecule has 0 fully saturated rings. The summed E-state index contributed by atoms with van der Waals surface area (Å²) in [7, 11) is 1.48. The zero-order chi connectivity index (χ0) is 16.8. The van der Waals surface area contributed by atoms with Crippen LogP contribution in [-0.4, -0.2) is 36.3 Å². The summed E-state index contributed by atoms with van der Waals surface area (Å²) < 4.78 is 11.1. The van der Waals surface area contributed by atoms with E-state index in [1.165, 1.54) is 7.05 Å². The summed E-state index contributed by atoms with van der Waals surface area (Å²) in [5, 5.41) is 9.72. The zero-order valence-electron chi connectivity index (χ0n) is 12.3. The number of hydrogen-bond acceptors (Lipinski definition) is 3. The number of ether oxygens (including phenoxy) is 2. The van der Waals surface area contributed by atoms with Crippen molar-refractivity contribution in [3.63, 3.8) is 0 Å². The summed E-state index contributed by atoms with van der Waals surface area (Å²) in [4.78, 5) is 11.8. The van der Waals surface area contributed by atoms with Crippen molar-refractivity contribution in [2.75, 3.05) is 20.2 Å². The van der Waals surface area contributed by atoms with Crippen molar-refractivity contribution in [1.29, 1.82) is 0 Å². The molecule has 0 heterocycles. The molecule has 0 aliphatic carbocycles. The number of benzene rings is 2. The number of carbonyl (C=O) groups is 1. The van der Waals surface area contributed by atoms with E-state index < -0.39 is 6.09 Å². The maximum atomic E-state index is 10.6. The van der Waals surface area contributed by atoms with Crippen LogP contribution in [-0.2, 0) is 0 Å². The highest BCUT2D eigenvalue weighted by molar-refractivity contribution is 6.34. The SMILES string of the molecule is CN(CCOc1ccc(Oc2cc(Cl)cc(Cl)c2)cc1)C(=O)O. The standard InChI is InChI=1S/C16H15Cl2NO4/c1-19(16(20)21)6-7-22-13-2-4-14(5-3-13)23-15-9-11(17)8-12(18)10-15/h2-5,8-10H,6-7H2,1H3,(H,20,21). The number of amides is 1. The average molecular weight is 356 g/mol. The Morgan fingerprint density at radius 2 is 1.61 bits per heavy atom. The summed E-state index contributed by atoms with van der Waals surface area (Å²) in [5.74, 6) is 1.78. The molecule has 2 rings (SSSR count). The molecule has 0 radical (unpaired) electrons. The van der Waals surface area contributed by atoms with E-state index in [0.717, 1.165) is 4.90 Å². The smallest absolute Gasteiger partial charge is 0.407 e. The van der Waals surface area contributed by atoms with Crippen LogP contribution >= 0.6 is 23.2 Å². The van der Waals surface area contributed by atoms with Crippen molar-refractivity contribution in [2.24, 2.45) is 0 Å². The van der Waals surface area contributed by atoms with Crippen LogP contribution in [0.5, 0.6) is 17.2 Å². The first-order chi connectivity index (χ1) is 10.9. The van der Waals surface area contributed by atoms with E-state index in [0.29, 0.717) is 27.3 Å². The monoisotopic (exact) mass is 355 g/mol. The third-order valence-electron chi connectivity index (χ3n) is 2.92. The number of likely N-dealkylation sites (N-methyl/N-ethyl adjacent to an activating group) is 1. The quantitative estimate of drug-likeness (QED) is 0.810. The van der Waals surface area contributed by atoms with Crippen LogP contribution in [0.25, 0.3) is 0 Å². The summed E-state index contributed by atoms with van der Waals surface area (Å²) >= 11 is 11.8. The van der Waals surface area contributed by atoms with Crippen LogP contribution in [0.3, 0.4) is 0 Å². The number of rotatable bonds is 6. The van der Waals surface area contributed by atoms with Crippen molar-refractivity contribution in [3.8, 4) is 17.2 Å². The lowest BCUT2D eigenvalue weighted by molar-refractivity contribution is 0.147. The first kappa shape index (κ1) is 17.2. The van der Waals surface area contributed by atoms with Crippen molar-refractivity contribution in [1.82, 2.24) is 4.90 Å². The molecule has 0 saturated heterocycles. The van der Waals surface area contributed by atoms with Gasteiger partial charge in [-0.25, -0.2) is 4.79 Å². The van der Waals surface area contributed by atoms with Crippen LogP contribution in [0.4, 0.5) is 4.79 Å². The van der Waals surface area contributed by atoms with Gasteiger partial charge in [0.2, 0.25) is 0 Å². The van der Waals surface area contributed by atoms with Gasteiger partial charge in [0.15, 0.2) is 0 Å². The lowest BCUT2D eigenvalue weighted by Crippen LogP contribution is -2.29. The molecule has 2 aromatic rings. The summed E-state index contributed by atoms with van der Waals surface area (Å²) in [6, 6.07) is 11.9. The van der Waals surface area contributed by atoms with Crippen molar-refractivity contribution < 1.29 is 19.4 Å². The normalized spacial score (nSPS) is 10.2. The van der Waals surface area contributed by atoms with Gasteiger partial charge in [-0.05, 0) is 42.5 Å². The second-order valence-electron chi connectivity index (χ2n) is 4.73. The van der Waals surface area contributed by atoms with E-state index in [-0.39, 0.29) is 13.2 Å². The predicted octanol–water partition coefficient (Wildman–Crippen LogP) is 4.77. The van der Waals surface area contributed by atoms with Crippen LogP contribution in [0, 0.1) is 0 Å². The number of carboxylic acid groups (broad SMARTS) is 1. The van der Waals surface area contributed by atoms with Crippen molar-refractivity contribution in [3.05, 3.63) is 52.5 Å². The Balaban J connectivity index is 1.90. The second-order valence-corrected chi connectivity index (χ2v) is 5.60. The van der Waals surface area contributed by atoms with E-state index in [9.17, 15) is 4.79 Å². The largest absolute Gasteiger partial charge is 0.492 e. The molecule has 2 aromatic carbocycles. The number of hydrogen-bond donors (Lipinski definition) is 1. The van der Waals surface area contributed by atoms with Crippen molar-refractivity contribution >= 4 is 29.3 Å². The second kappa shape index (κ2) is 7.94. The minimum Gasteiger partial charge on any atom is -0.492 e. The Morgan fingerprint density at radius 1 is 1.04 bits per heavy atom. The van der Waals surface area contributed by atoms with Gasteiger partial charge in [-0.1, -0.05) is 23.2 Å². The summed E-state index contributed by atoms with van der Waals surface area (Å²) in [6.45, 7) is 0.557. The van der Waals surface area contributed by atoms with Gasteiger partial charge in [-0.3, -0.25) is 0 Å². The molecule has 0 spiro atoms. The summed E-state index contributed by atoms with van der Waals surface area (Å²) in [5.41, 5.74) is 0. The predicted molar refractivity (Wildman–Crippen MR) is 89.1 cm³/mol. The Hall–Kier alpha value is -2.11. The molecule has 0 aliphatic heterocycles. The maximum Gasteiger partial charge on any atom is 0.407 e. The zero-order valence-corrected chi connectivity index (χ0v) is 13.8. The fraction of sp³-hybridized carbons (Fsp3) is 0.188. The van der Waals surface area contributed by atoms with Gasteiger partial charge in [0.1, 0.15) is 23.9 Å². The Bertz CT molecular complexity index is 656. The van der Waals surface area contributed by atoms with Gasteiger partial charge in [-0.2, -0.15) is 0 Å². The minimum atomic E-state index is -0.988. The minimum absolute atomic E-state index is 0.271. The molecule has 0 atom stereocenters. The van der Waals surface area contributed by atoms with E-state index in [1.54, 1.807) is 42.5 Å². The lowest BCUT2D eigenvalue weighted by atomic mass is 10.3. The highest BCUT2D eigenvalue weighted by atomic mass is 35.5. The summed E-state index contributed by atoms with van der Waals surface area (Å²) in [6.07, 6.45) is -0.988. The first-order valence-corrected chi connectivity index (χ1v) is 7.50. The van der Waals surface area contributed by atoms with E-state index in [1.807, 2.05) is 0 Å². The molecule has 5 nitrogen and oxygen atoms in total. The van der Waals surface area contributed by atoms with E-state index in [2.05, 4.69) is 0 Å². The van der Waals surface area contributed by atoms with Gasteiger partial charge in [0.25, 0.3) is 0 Å². The molecule has 1 amide bonds. The molecule has 0 saturated carbocycles. The van der Waals surface area contributed by atoms with E-state index >= 15 is 0 Å². The molecule has 122 valence electrons. The van der Waals surface area contributed by atoms with Gasteiger partial charge >= 0.3 is 6.09 Å². The third kappa shape index (κ3) is 5.54. The fourth-order valence-electron chi connectivity index (χ4n) is 1.72. The molecule has 0 aliphatic rings. The molecule has 0 bridgehead atoms. The Kier molecular flexibility index (Phi) is 5.96. The third-order valence-corrected chi connectivity index (χ3v) is 3.35. The highest BCUT2D eigenvalue weighted by Crippen LogP contribution is 2.29. The number of nitrogens with zero attached hydrogens (tertiary/aromatic N) is 1. The van der Waals surface area contributed by atoms with Crippen LogP contribution in [0.15, 0.2) is 42.5 Å². The molecular weight excluding hydrogens is 341 g/mol. The van der Waals surface area contributed by atoms with E-state index in [4.69, 9.17) is 37.8 Å². The molecule has 23 heavy (non-hydrogen) atoms. The fourth-order valence-corrected chi connectivity index (χ4v) is 2.23. The van der Waals surface area contributed by atoms with Crippen molar-refractivity contribution in [2.45, 2.75) is 0 Å². The van der Waals surface area contributed by atoms with Gasteiger partial charge in [-0.15, -0.1) is 0 Å². The van der Waals surface area contributed by atoms with Crippen LogP contribution < -0.4 is 9.47 Å². The molecule has 0 aromatic heterocycles.